The Morgan fingerprint density at radius 3 is 1.93 bits per heavy atom. The average molecular weight is 196 g/mol. The van der Waals surface area contributed by atoms with Crippen LogP contribution < -0.4 is 11.5 Å². The second kappa shape index (κ2) is 2.73. The van der Waals surface area contributed by atoms with Crippen LogP contribution in [0.2, 0.25) is 0 Å². The zero-order valence-electron chi connectivity index (χ0n) is 9.77. The molecule has 0 aromatic heterocycles. The molecule has 0 spiro atoms. The van der Waals surface area contributed by atoms with Gasteiger partial charge in [0.1, 0.15) is 0 Å². The molecule has 2 fully saturated rings. The minimum atomic E-state index is 0.222. The molecule has 0 aliphatic heterocycles. The van der Waals surface area contributed by atoms with E-state index in [4.69, 9.17) is 11.5 Å². The quantitative estimate of drug-likeness (QED) is 0.707. The summed E-state index contributed by atoms with van der Waals surface area (Å²) in [6.45, 7) is 8.77. The molecule has 0 heterocycles. The standard InChI is InChI=1S/C12H24N2/c1-10(2)9-4-5-11(10,3)12(6-9,7-13)8-14/h9H,4-8,13-14H2,1-3H3. The van der Waals surface area contributed by atoms with Gasteiger partial charge in [-0.15, -0.1) is 0 Å². The first kappa shape index (κ1) is 10.4. The number of hydrogen-bond donors (Lipinski definition) is 2. The van der Waals surface area contributed by atoms with Crippen LogP contribution in [0.1, 0.15) is 40.0 Å². The second-order valence-electron chi connectivity index (χ2n) is 6.18. The van der Waals surface area contributed by atoms with Crippen molar-refractivity contribution in [3.8, 4) is 0 Å². The van der Waals surface area contributed by atoms with Gasteiger partial charge in [0, 0.05) is 5.41 Å². The van der Waals surface area contributed by atoms with Gasteiger partial charge in [0.05, 0.1) is 0 Å². The molecule has 0 saturated heterocycles. The minimum Gasteiger partial charge on any atom is -0.330 e. The van der Waals surface area contributed by atoms with Crippen molar-refractivity contribution in [2.45, 2.75) is 40.0 Å². The van der Waals surface area contributed by atoms with Crippen LogP contribution in [0.4, 0.5) is 0 Å². The molecular weight excluding hydrogens is 172 g/mol. The predicted molar refractivity (Wildman–Crippen MR) is 59.8 cm³/mol. The fraction of sp³-hybridized carbons (Fsp3) is 1.00. The van der Waals surface area contributed by atoms with Crippen LogP contribution in [0.5, 0.6) is 0 Å². The van der Waals surface area contributed by atoms with E-state index in [2.05, 4.69) is 20.8 Å². The van der Waals surface area contributed by atoms with Crippen molar-refractivity contribution >= 4 is 0 Å². The van der Waals surface area contributed by atoms with Crippen molar-refractivity contribution in [2.24, 2.45) is 33.6 Å². The van der Waals surface area contributed by atoms with E-state index in [0.29, 0.717) is 10.8 Å². The van der Waals surface area contributed by atoms with Crippen molar-refractivity contribution in [2.75, 3.05) is 13.1 Å². The van der Waals surface area contributed by atoms with Gasteiger partial charge >= 0.3 is 0 Å². The summed E-state index contributed by atoms with van der Waals surface area (Å²) in [4.78, 5) is 0. The Kier molecular flexibility index (Phi) is 2.04. The highest BCUT2D eigenvalue weighted by Crippen LogP contribution is 2.72. The van der Waals surface area contributed by atoms with Gasteiger partial charge in [-0.05, 0) is 49.1 Å². The Labute approximate surface area is 87.4 Å². The number of rotatable bonds is 2. The van der Waals surface area contributed by atoms with Crippen molar-refractivity contribution in [1.82, 2.24) is 0 Å². The van der Waals surface area contributed by atoms with Gasteiger partial charge in [-0.1, -0.05) is 20.8 Å². The van der Waals surface area contributed by atoms with E-state index in [1.54, 1.807) is 0 Å². The molecule has 2 nitrogen and oxygen atoms in total. The monoisotopic (exact) mass is 196 g/mol. The van der Waals surface area contributed by atoms with E-state index in [0.717, 1.165) is 19.0 Å². The van der Waals surface area contributed by atoms with E-state index < -0.39 is 0 Å². The zero-order valence-corrected chi connectivity index (χ0v) is 9.77. The Balaban J connectivity index is 2.44. The summed E-state index contributed by atoms with van der Waals surface area (Å²) in [6, 6.07) is 0. The molecule has 2 rings (SSSR count). The van der Waals surface area contributed by atoms with Crippen molar-refractivity contribution in [3.05, 3.63) is 0 Å². The first-order chi connectivity index (χ1) is 6.43. The van der Waals surface area contributed by atoms with Crippen LogP contribution in [0.3, 0.4) is 0 Å². The molecule has 2 atom stereocenters. The van der Waals surface area contributed by atoms with E-state index in [9.17, 15) is 0 Å². The molecule has 2 aliphatic carbocycles. The zero-order chi connectivity index (χ0) is 10.6. The summed E-state index contributed by atoms with van der Waals surface area (Å²) < 4.78 is 0. The van der Waals surface area contributed by atoms with Gasteiger partial charge in [0.25, 0.3) is 0 Å². The summed E-state index contributed by atoms with van der Waals surface area (Å²) in [6.07, 6.45) is 3.95. The maximum absolute atomic E-state index is 5.99. The molecule has 2 unspecified atom stereocenters. The van der Waals surface area contributed by atoms with Crippen LogP contribution in [0.15, 0.2) is 0 Å². The lowest BCUT2D eigenvalue weighted by Crippen LogP contribution is -2.50. The molecule has 82 valence electrons. The molecule has 2 aliphatic rings. The molecular formula is C12H24N2. The van der Waals surface area contributed by atoms with E-state index in [1.165, 1.54) is 19.3 Å². The first-order valence-corrected chi connectivity index (χ1v) is 5.84. The molecule has 2 heteroatoms. The summed E-state index contributed by atoms with van der Waals surface area (Å²) >= 11 is 0. The van der Waals surface area contributed by atoms with Crippen molar-refractivity contribution < 1.29 is 0 Å². The van der Waals surface area contributed by atoms with Crippen LogP contribution in [-0.4, -0.2) is 13.1 Å². The lowest BCUT2D eigenvalue weighted by atomic mass is 9.58. The average Bonchev–Trinajstić information content (AvgIpc) is 2.48. The minimum absolute atomic E-state index is 0.222. The molecule has 0 radical (unpaired) electrons. The number of fused-ring (bicyclic) bond motifs is 2. The molecule has 0 aromatic rings. The molecule has 4 N–H and O–H groups in total. The van der Waals surface area contributed by atoms with Gasteiger partial charge in [0.2, 0.25) is 0 Å². The molecule has 0 amide bonds. The maximum atomic E-state index is 5.99. The summed E-state index contributed by atoms with van der Waals surface area (Å²) in [5.74, 6) is 0.847. The molecule has 14 heavy (non-hydrogen) atoms. The molecule has 2 saturated carbocycles. The third-order valence-electron chi connectivity index (χ3n) is 6.02. The van der Waals surface area contributed by atoms with Crippen LogP contribution >= 0.6 is 0 Å². The lowest BCUT2D eigenvalue weighted by Gasteiger charge is -2.48. The van der Waals surface area contributed by atoms with Crippen molar-refractivity contribution in [3.63, 3.8) is 0 Å². The van der Waals surface area contributed by atoms with Crippen LogP contribution in [0, 0.1) is 22.2 Å². The van der Waals surface area contributed by atoms with Crippen LogP contribution in [-0.2, 0) is 0 Å². The molecule has 2 bridgehead atoms. The van der Waals surface area contributed by atoms with Gasteiger partial charge < -0.3 is 11.5 Å². The second-order valence-corrected chi connectivity index (χ2v) is 6.18. The highest BCUT2D eigenvalue weighted by atomic mass is 14.8. The molecule has 0 aromatic carbocycles. The third-order valence-corrected chi connectivity index (χ3v) is 6.02. The van der Waals surface area contributed by atoms with E-state index in [-0.39, 0.29) is 5.41 Å². The van der Waals surface area contributed by atoms with Gasteiger partial charge in [-0.3, -0.25) is 0 Å². The van der Waals surface area contributed by atoms with E-state index >= 15 is 0 Å². The Morgan fingerprint density at radius 1 is 1.14 bits per heavy atom. The first-order valence-electron chi connectivity index (χ1n) is 5.84. The number of hydrogen-bond acceptors (Lipinski definition) is 2. The van der Waals surface area contributed by atoms with Gasteiger partial charge in [-0.2, -0.15) is 0 Å². The fourth-order valence-corrected chi connectivity index (χ4v) is 4.30. The summed E-state index contributed by atoms with van der Waals surface area (Å²) in [5.41, 5.74) is 13.0. The Bertz CT molecular complexity index is 243. The van der Waals surface area contributed by atoms with Gasteiger partial charge in [0.15, 0.2) is 0 Å². The van der Waals surface area contributed by atoms with Crippen molar-refractivity contribution in [1.29, 1.82) is 0 Å². The topological polar surface area (TPSA) is 52.0 Å². The fourth-order valence-electron chi connectivity index (χ4n) is 4.30. The number of nitrogens with two attached hydrogens (primary N) is 2. The normalized spacial score (nSPS) is 43.1. The SMILES string of the molecule is CC1(C)C2CCC1(C)C(CN)(CN)C2. The lowest BCUT2D eigenvalue weighted by molar-refractivity contribution is 0.0277. The smallest absolute Gasteiger partial charge is 0.000980 e. The Hall–Kier alpha value is -0.0800. The largest absolute Gasteiger partial charge is 0.330 e. The van der Waals surface area contributed by atoms with E-state index in [1.807, 2.05) is 0 Å². The van der Waals surface area contributed by atoms with Crippen LogP contribution in [0.25, 0.3) is 0 Å². The summed E-state index contributed by atoms with van der Waals surface area (Å²) in [7, 11) is 0. The highest BCUT2D eigenvalue weighted by Gasteiger charge is 2.67. The third kappa shape index (κ3) is 0.849. The Morgan fingerprint density at radius 2 is 1.71 bits per heavy atom. The highest BCUT2D eigenvalue weighted by molar-refractivity contribution is 5.17. The summed E-state index contributed by atoms with van der Waals surface area (Å²) in [5, 5.41) is 0. The maximum Gasteiger partial charge on any atom is 0.000980 e. The van der Waals surface area contributed by atoms with Gasteiger partial charge in [-0.25, -0.2) is 0 Å². The predicted octanol–water partition coefficient (Wildman–Crippen LogP) is 1.74.